The van der Waals surface area contributed by atoms with Gasteiger partial charge in [-0.15, -0.1) is 0 Å². The highest BCUT2D eigenvalue weighted by atomic mass is 16.5. The van der Waals surface area contributed by atoms with Crippen LogP contribution in [0.15, 0.2) is 329 Å². The maximum atomic E-state index is 12.9. The van der Waals surface area contributed by atoms with Gasteiger partial charge in [0.2, 0.25) is 0 Å². The third-order valence-corrected chi connectivity index (χ3v) is 23.8. The second-order valence-corrected chi connectivity index (χ2v) is 33.9. The summed E-state index contributed by atoms with van der Waals surface area (Å²) in [5, 5.41) is 1.85. The molecule has 18 aromatic rings. The molecule has 20 rings (SSSR count). The number of hydrogen-bond acceptors (Lipinski definition) is 16. The van der Waals surface area contributed by atoms with Crippen molar-refractivity contribution >= 4 is 57.4 Å². The Morgan fingerprint density at radius 1 is 0.299 bits per heavy atom. The largest absolute Gasteiger partial charge is 0.457 e. The maximum absolute atomic E-state index is 12.9. The fraction of sp³-hybridized carbons (Fsp3) is 0.138. The Hall–Kier alpha value is -16.6. The van der Waals surface area contributed by atoms with Crippen LogP contribution in [-0.2, 0) is 52.6 Å². The van der Waals surface area contributed by atoms with Crippen molar-refractivity contribution in [3.63, 3.8) is 0 Å². The van der Waals surface area contributed by atoms with Crippen molar-refractivity contribution in [1.82, 2.24) is 49.0 Å². The molecule has 0 amide bonds. The van der Waals surface area contributed by atoms with Gasteiger partial charge in [-0.1, -0.05) is 144 Å². The summed E-state index contributed by atoms with van der Waals surface area (Å²) in [6, 6.07) is 81.9. The number of ketones is 4. The molecule has 10 heterocycles. The van der Waals surface area contributed by atoms with Crippen molar-refractivity contribution in [2.24, 2.45) is 14.1 Å². The van der Waals surface area contributed by atoms with Gasteiger partial charge in [-0.2, -0.15) is 0 Å². The predicted molar refractivity (Wildman–Crippen MR) is 530 cm³/mol. The molecule has 0 unspecified atom stereocenters. The van der Waals surface area contributed by atoms with Gasteiger partial charge in [-0.05, 0) is 233 Å². The number of fused-ring (bicyclic) bond motifs is 4. The van der Waals surface area contributed by atoms with Crippen LogP contribution in [0.4, 0.5) is 0 Å². The molecule has 8 aromatic carbocycles. The summed E-state index contributed by atoms with van der Waals surface area (Å²) in [5.74, 6) is 6.14. The Labute approximate surface area is 779 Å². The average Bonchev–Trinajstić information content (AvgIpc) is 1.63. The monoisotopic (exact) mass is 1760 g/mol. The molecule has 0 aliphatic heterocycles. The number of aromatic nitrogens is 10. The van der Waals surface area contributed by atoms with Crippen LogP contribution in [-0.4, -0.2) is 72.1 Å². The molecule has 0 saturated carbocycles. The molecule has 18 heteroatoms. The van der Waals surface area contributed by atoms with E-state index in [4.69, 9.17) is 38.9 Å². The normalized spacial score (nSPS) is 11.5. The molecule has 10 aromatic heterocycles. The van der Waals surface area contributed by atoms with E-state index in [0.29, 0.717) is 54.4 Å². The van der Waals surface area contributed by atoms with Crippen LogP contribution in [0.25, 0.3) is 79.2 Å². The third-order valence-electron chi connectivity index (χ3n) is 23.8. The number of aryl methyl sites for hydroxylation is 10. The maximum Gasteiger partial charge on any atom is 0.167 e. The standard InChI is InChI=1S/2C29H25N3O2.2C29H24N2O2/c1-19-6-4-7-21(14-19)27(33)16-23-15-24(10-9-20(23)2)34-28-17-26(22-8-5-12-30-18-22)31-29-25(28)11-13-32(29)3;1-19-5-4-6-22(15-19)27(33)17-23-16-24(8-7-20(23)2)34-28-18-26(21-9-12-30-13-10-21)31-29-25(28)11-14-32(29)3;1-19-6-3-7-21(14-19)28(32)16-23-15-24(12-11-20(23)2)33-29-17-27(22-8-5-13-30-18-22)31-26-10-4-9-25(26)29;1-19-5-3-6-22(15-19)28(32)17-23-16-24(10-9-20(23)2)33-29-18-27(21-11-13-30-14-12-21)31-26-8-4-7-25(26)29/h4-15,17-18H,16H2,1-3H3;4-16,18H,17H2,1-3H3;3-9,11-15,17-18H,10,16H2,1-2H3;3-7,9-16,18H,8,17H2,1-2H3. The highest BCUT2D eigenvalue weighted by Crippen LogP contribution is 2.41. The van der Waals surface area contributed by atoms with E-state index < -0.39 is 0 Å². The van der Waals surface area contributed by atoms with Crippen LogP contribution in [0.2, 0.25) is 0 Å². The zero-order chi connectivity index (χ0) is 92.9. The first-order valence-electron chi connectivity index (χ1n) is 44.5. The van der Waals surface area contributed by atoms with Crippen molar-refractivity contribution in [3.8, 4) is 91.0 Å². The van der Waals surface area contributed by atoms with E-state index in [2.05, 4.69) is 44.2 Å². The second kappa shape index (κ2) is 40.6. The van der Waals surface area contributed by atoms with Crippen molar-refractivity contribution in [1.29, 1.82) is 0 Å². The number of ether oxygens (including phenoxy) is 4. The van der Waals surface area contributed by atoms with E-state index in [1.54, 1.807) is 43.4 Å². The number of carbonyl (C=O) groups excluding carboxylic acids is 4. The SMILES string of the molecule is Cc1cccc(C(=O)Cc2cc(Oc3cc(-c4cccnc4)nc4c3C=CC4)ccc2C)c1.Cc1cccc(C(=O)Cc2cc(Oc3cc(-c4cccnc4)nc4c3ccn4C)ccc2C)c1.Cc1cccc(C(=O)Cc2cc(Oc3cc(-c4ccncc4)nc4c3C=CC4)ccc2C)c1.Cc1cccc(C(=O)Cc2cc(Oc3cc(-c4ccncc4)nc4c3ccn4C)ccc2C)c1. The molecule has 0 bridgehead atoms. The van der Waals surface area contributed by atoms with E-state index in [9.17, 15) is 19.2 Å². The first-order chi connectivity index (χ1) is 65.1. The zero-order valence-corrected chi connectivity index (χ0v) is 76.3. The first-order valence-corrected chi connectivity index (χ1v) is 44.5. The van der Waals surface area contributed by atoms with Gasteiger partial charge in [0.1, 0.15) is 57.3 Å². The topological polar surface area (TPSA) is 218 Å². The van der Waals surface area contributed by atoms with Crippen LogP contribution in [0, 0.1) is 55.4 Å². The van der Waals surface area contributed by atoms with Gasteiger partial charge in [0.15, 0.2) is 23.1 Å². The van der Waals surface area contributed by atoms with Gasteiger partial charge in [0.25, 0.3) is 0 Å². The Balaban J connectivity index is 0.000000124. The molecular weight excluding hydrogens is 1660 g/mol. The summed E-state index contributed by atoms with van der Waals surface area (Å²) < 4.78 is 29.5. The van der Waals surface area contributed by atoms with Crippen LogP contribution < -0.4 is 18.9 Å². The van der Waals surface area contributed by atoms with Gasteiger partial charge in [-0.25, -0.2) is 9.97 Å². The smallest absolute Gasteiger partial charge is 0.167 e. The molecular formula is C116H98N10O8. The predicted octanol–water partition coefficient (Wildman–Crippen LogP) is 26.0. The molecule has 18 nitrogen and oxygen atoms in total. The fourth-order valence-electron chi connectivity index (χ4n) is 16.3. The van der Waals surface area contributed by atoms with E-state index >= 15 is 0 Å². The Kier molecular flexibility index (Phi) is 27.1. The number of rotatable bonds is 24. The lowest BCUT2D eigenvalue weighted by Gasteiger charge is -2.14. The van der Waals surface area contributed by atoms with Gasteiger partial charge >= 0.3 is 0 Å². The molecule has 0 atom stereocenters. The summed E-state index contributed by atoms with van der Waals surface area (Å²) in [7, 11) is 3.93. The van der Waals surface area contributed by atoms with Gasteiger partial charge in [0, 0.05) is 194 Å². The van der Waals surface area contributed by atoms with Crippen LogP contribution >= 0.6 is 0 Å². The van der Waals surface area contributed by atoms with Gasteiger partial charge in [-0.3, -0.25) is 49.1 Å². The summed E-state index contributed by atoms with van der Waals surface area (Å²) in [6.07, 6.45) is 29.3. The Morgan fingerprint density at radius 3 is 0.925 bits per heavy atom. The van der Waals surface area contributed by atoms with Gasteiger partial charge < -0.3 is 28.1 Å². The number of benzene rings is 8. The molecule has 2 aliphatic rings. The number of hydrogen-bond donors (Lipinski definition) is 0. The molecule has 134 heavy (non-hydrogen) atoms. The quantitative estimate of drug-likeness (QED) is 0.0514. The highest BCUT2D eigenvalue weighted by Gasteiger charge is 2.24. The molecule has 660 valence electrons. The average molecular weight is 1760 g/mol. The molecule has 0 N–H and O–H groups in total. The van der Waals surface area contributed by atoms with Crippen molar-refractivity contribution in [2.45, 2.75) is 93.9 Å². The number of carbonyl (C=O) groups is 4. The van der Waals surface area contributed by atoms with E-state index in [1.165, 1.54) is 0 Å². The van der Waals surface area contributed by atoms with Crippen molar-refractivity contribution < 1.29 is 38.1 Å². The van der Waals surface area contributed by atoms with Crippen LogP contribution in [0.5, 0.6) is 46.0 Å². The minimum atomic E-state index is 0.0946. The minimum absolute atomic E-state index is 0.0946. The summed E-state index contributed by atoms with van der Waals surface area (Å²) in [4.78, 5) is 87.5. The summed E-state index contributed by atoms with van der Waals surface area (Å²) in [5.41, 5.74) is 28.2. The lowest BCUT2D eigenvalue weighted by atomic mass is 9.98. The lowest BCUT2D eigenvalue weighted by molar-refractivity contribution is 0.0984. The first kappa shape index (κ1) is 89.4. The fourth-order valence-corrected chi connectivity index (χ4v) is 16.3. The Morgan fingerprint density at radius 2 is 0.604 bits per heavy atom. The summed E-state index contributed by atoms with van der Waals surface area (Å²) >= 11 is 0. The van der Waals surface area contributed by atoms with Crippen molar-refractivity contribution in [3.05, 3.63) is 440 Å². The van der Waals surface area contributed by atoms with E-state index in [0.717, 1.165) is 209 Å². The van der Waals surface area contributed by atoms with Crippen molar-refractivity contribution in [2.75, 3.05) is 0 Å². The lowest BCUT2D eigenvalue weighted by Crippen LogP contribution is -2.05. The molecule has 0 saturated heterocycles. The number of pyridine rings is 8. The van der Waals surface area contributed by atoms with Crippen LogP contribution in [0.3, 0.4) is 0 Å². The third kappa shape index (κ3) is 21.4. The number of nitrogens with zero attached hydrogens (tertiary/aromatic N) is 10. The minimum Gasteiger partial charge on any atom is -0.457 e. The molecule has 2 aliphatic carbocycles. The van der Waals surface area contributed by atoms with Gasteiger partial charge in [0.05, 0.1) is 44.9 Å². The van der Waals surface area contributed by atoms with E-state index in [-0.39, 0.29) is 23.1 Å². The molecule has 0 spiro atoms. The van der Waals surface area contributed by atoms with Crippen LogP contribution in [0.1, 0.15) is 131 Å². The summed E-state index contributed by atoms with van der Waals surface area (Å²) in [6.45, 7) is 16.1. The number of Topliss-reactive ketones (excluding diaryl/α,β-unsaturated/α-hetero) is 4. The number of allylic oxidation sites excluding steroid dienone is 2. The molecule has 0 fully saturated rings. The van der Waals surface area contributed by atoms with E-state index in [1.807, 2.05) is 352 Å². The molecule has 0 radical (unpaired) electrons. The Bertz CT molecular complexity index is 7090. The zero-order valence-electron chi connectivity index (χ0n) is 76.3. The second-order valence-electron chi connectivity index (χ2n) is 33.9. The highest BCUT2D eigenvalue weighted by molar-refractivity contribution is 6.00.